The minimum Gasteiger partial charge on any atom is -0.478 e. The van der Waals surface area contributed by atoms with E-state index in [2.05, 4.69) is 10.9 Å². The Bertz CT molecular complexity index is 773. The molecule has 8 heteroatoms. The van der Waals surface area contributed by atoms with Gasteiger partial charge in [0.1, 0.15) is 0 Å². The summed E-state index contributed by atoms with van der Waals surface area (Å²) in [6.07, 6.45) is 3.18. The summed E-state index contributed by atoms with van der Waals surface area (Å²) in [5.41, 5.74) is -2.03. The summed E-state index contributed by atoms with van der Waals surface area (Å²) in [5, 5.41) is 22.1. The fraction of sp³-hybridized carbons (Fsp3) is 0.0833. The number of carboxylic acid groups (broad SMARTS) is 1. The summed E-state index contributed by atoms with van der Waals surface area (Å²) in [7, 11) is -0.722. The number of hydrogen-bond donors (Lipinski definition) is 2. The van der Waals surface area contributed by atoms with Gasteiger partial charge in [-0.05, 0) is 18.4 Å². The number of hydrogen-bond acceptors (Lipinski definition) is 4. The number of aromatic amines is 1. The van der Waals surface area contributed by atoms with E-state index in [0.717, 1.165) is 0 Å². The molecule has 0 radical (unpaired) electrons. The molecule has 0 spiro atoms. The number of nitrogens with one attached hydrogen (secondary N) is 1. The van der Waals surface area contributed by atoms with Crippen LogP contribution in [-0.2, 0) is 0 Å². The number of aromatic nitrogens is 1. The molecule has 1 atom stereocenters. The molecule has 1 aromatic rings. The lowest BCUT2D eigenvalue weighted by atomic mass is 10.0. The lowest BCUT2D eigenvalue weighted by Gasteiger charge is -2.11. The van der Waals surface area contributed by atoms with Gasteiger partial charge in [-0.1, -0.05) is 11.9 Å². The first-order valence-electron chi connectivity index (χ1n) is 5.40. The van der Waals surface area contributed by atoms with E-state index in [1.165, 1.54) is 6.92 Å². The molecule has 1 aromatic heterocycles. The molecule has 0 saturated heterocycles. The maximum Gasteiger partial charge on any atom is 0.343 e. The molecule has 7 nitrogen and oxygen atoms in total. The quantitative estimate of drug-likeness (QED) is 0.502. The molecule has 2 rings (SSSR count). The molecule has 1 unspecified atom stereocenters. The van der Waals surface area contributed by atoms with Crippen molar-refractivity contribution < 1.29 is 14.8 Å². The van der Waals surface area contributed by atoms with Crippen molar-refractivity contribution in [2.45, 2.75) is 6.92 Å². The Morgan fingerprint density at radius 3 is 2.65 bits per heavy atom. The summed E-state index contributed by atoms with van der Waals surface area (Å²) < 4.78 is 0. The number of nitrogens with zero attached hydrogens (tertiary/aromatic N) is 1. The van der Waals surface area contributed by atoms with Gasteiger partial charge in [0.2, 0.25) is 0 Å². The number of carbonyl (C=O) groups is 1. The van der Waals surface area contributed by atoms with Gasteiger partial charge < -0.3 is 10.1 Å². The Morgan fingerprint density at radius 2 is 2.20 bits per heavy atom. The number of rotatable bonds is 3. The van der Waals surface area contributed by atoms with Crippen molar-refractivity contribution in [1.29, 1.82) is 0 Å². The summed E-state index contributed by atoms with van der Waals surface area (Å²) in [6, 6.07) is 0. The van der Waals surface area contributed by atoms with E-state index in [4.69, 9.17) is 0 Å². The van der Waals surface area contributed by atoms with Gasteiger partial charge in [-0.15, -0.1) is 10.5 Å². The predicted molar refractivity (Wildman–Crippen MR) is 77.2 cm³/mol. The van der Waals surface area contributed by atoms with Crippen molar-refractivity contribution in [3.63, 3.8) is 0 Å². The molecule has 1 aliphatic heterocycles. The highest BCUT2D eigenvalue weighted by atomic mass is 32.2. The fourth-order valence-corrected chi connectivity index (χ4v) is 3.12. The first-order chi connectivity index (χ1) is 9.34. The molecule has 1 aliphatic rings. The van der Waals surface area contributed by atoms with Crippen LogP contribution in [0.15, 0.2) is 22.4 Å². The van der Waals surface area contributed by atoms with E-state index >= 15 is 0 Å². The second-order valence-corrected chi connectivity index (χ2v) is 5.60. The SMILES string of the molecule is C=S1C=CC=C1c1c(C(=O)O)c(C)[nH]c(=O)c1[N+](=O)[O-]. The van der Waals surface area contributed by atoms with Crippen LogP contribution in [0.5, 0.6) is 0 Å². The Balaban J connectivity index is 2.94. The highest BCUT2D eigenvalue weighted by Crippen LogP contribution is 2.42. The van der Waals surface area contributed by atoms with Gasteiger partial charge in [-0.25, -0.2) is 4.79 Å². The zero-order chi connectivity index (χ0) is 15.0. The van der Waals surface area contributed by atoms with Crippen molar-refractivity contribution in [2.24, 2.45) is 0 Å². The summed E-state index contributed by atoms with van der Waals surface area (Å²) in [5.74, 6) is 2.47. The molecule has 104 valence electrons. The molecule has 0 aromatic carbocycles. The van der Waals surface area contributed by atoms with Crippen molar-refractivity contribution in [3.05, 3.63) is 54.8 Å². The molecular weight excluding hydrogens is 284 g/mol. The molecule has 0 bridgehead atoms. The predicted octanol–water partition coefficient (Wildman–Crippen LogP) is 1.86. The molecule has 0 amide bonds. The maximum absolute atomic E-state index is 11.8. The third kappa shape index (κ3) is 2.10. The fourth-order valence-electron chi connectivity index (χ4n) is 1.99. The molecule has 0 fully saturated rings. The minimum atomic E-state index is -1.33. The second kappa shape index (κ2) is 4.89. The number of allylic oxidation sites excluding steroid dienone is 2. The van der Waals surface area contributed by atoms with Crippen LogP contribution in [0.4, 0.5) is 5.69 Å². The first kappa shape index (κ1) is 13.9. The molecular formula is C12H10N2O5S. The highest BCUT2D eigenvalue weighted by molar-refractivity contribution is 8.24. The van der Waals surface area contributed by atoms with Gasteiger partial charge in [0, 0.05) is 10.6 Å². The van der Waals surface area contributed by atoms with E-state index < -0.39 is 32.6 Å². The monoisotopic (exact) mass is 294 g/mol. The van der Waals surface area contributed by atoms with Crippen molar-refractivity contribution in [1.82, 2.24) is 4.98 Å². The van der Waals surface area contributed by atoms with Gasteiger partial charge in [0.05, 0.1) is 16.1 Å². The van der Waals surface area contributed by atoms with Crippen LogP contribution in [0.25, 0.3) is 4.91 Å². The number of H-pyrrole nitrogens is 1. The summed E-state index contributed by atoms with van der Waals surface area (Å²) >= 11 is 0. The average Bonchev–Trinajstić information content (AvgIpc) is 2.72. The number of nitro groups is 1. The zero-order valence-corrected chi connectivity index (χ0v) is 11.2. The van der Waals surface area contributed by atoms with E-state index in [0.29, 0.717) is 4.91 Å². The second-order valence-electron chi connectivity index (χ2n) is 4.03. The number of aryl methyl sites for hydroxylation is 1. The number of carboxylic acids is 1. The van der Waals surface area contributed by atoms with Crippen LogP contribution >= 0.6 is 10.5 Å². The van der Waals surface area contributed by atoms with Gasteiger partial charge in [-0.2, -0.15) is 0 Å². The molecule has 20 heavy (non-hydrogen) atoms. The van der Waals surface area contributed by atoms with Crippen LogP contribution in [0, 0.1) is 17.0 Å². The lowest BCUT2D eigenvalue weighted by molar-refractivity contribution is -0.386. The summed E-state index contributed by atoms with van der Waals surface area (Å²) in [4.78, 5) is 36.0. The van der Waals surface area contributed by atoms with Gasteiger partial charge in [0.15, 0.2) is 0 Å². The van der Waals surface area contributed by atoms with Gasteiger partial charge in [0.25, 0.3) is 0 Å². The van der Waals surface area contributed by atoms with Crippen molar-refractivity contribution in [3.8, 4) is 0 Å². The van der Waals surface area contributed by atoms with E-state index in [1.807, 2.05) is 0 Å². The minimum absolute atomic E-state index is 0.0768. The normalized spacial score (nSPS) is 17.1. The molecule has 2 N–H and O–H groups in total. The molecule has 0 saturated carbocycles. The largest absolute Gasteiger partial charge is 0.478 e. The third-order valence-electron chi connectivity index (χ3n) is 2.79. The van der Waals surface area contributed by atoms with Gasteiger partial charge in [-0.3, -0.25) is 14.9 Å². The Labute approximate surface area is 115 Å². The molecule has 2 heterocycles. The summed E-state index contributed by atoms with van der Waals surface area (Å²) in [6.45, 7) is 1.39. The zero-order valence-electron chi connectivity index (χ0n) is 10.4. The Morgan fingerprint density at radius 1 is 1.55 bits per heavy atom. The van der Waals surface area contributed by atoms with Crippen LogP contribution in [0.3, 0.4) is 0 Å². The third-order valence-corrected chi connectivity index (χ3v) is 4.18. The van der Waals surface area contributed by atoms with Crippen LogP contribution in [-0.4, -0.2) is 26.9 Å². The lowest BCUT2D eigenvalue weighted by Crippen LogP contribution is -2.20. The van der Waals surface area contributed by atoms with Crippen LogP contribution in [0.2, 0.25) is 0 Å². The van der Waals surface area contributed by atoms with Crippen molar-refractivity contribution >= 4 is 32.9 Å². The molecule has 0 aliphatic carbocycles. The van der Waals surface area contributed by atoms with E-state index in [-0.39, 0.29) is 16.8 Å². The average molecular weight is 294 g/mol. The Kier molecular flexibility index (Phi) is 3.41. The van der Waals surface area contributed by atoms with E-state index in [9.17, 15) is 24.8 Å². The van der Waals surface area contributed by atoms with E-state index in [1.54, 1.807) is 17.6 Å². The Hall–Kier alpha value is -2.48. The van der Waals surface area contributed by atoms with Crippen LogP contribution in [0.1, 0.15) is 21.6 Å². The smallest absolute Gasteiger partial charge is 0.343 e. The van der Waals surface area contributed by atoms with Crippen LogP contribution < -0.4 is 5.56 Å². The highest BCUT2D eigenvalue weighted by Gasteiger charge is 2.31. The standard InChI is InChI=1S/C12H10N2O5S/c1-6-8(12(16)17)9(7-4-3-5-20(7)2)10(14(18)19)11(15)13-6/h3-5H,2H2,1H3,(H,13,15)(H,16,17). The number of pyridine rings is 1. The first-order valence-corrected chi connectivity index (χ1v) is 6.86. The maximum atomic E-state index is 11.8. The number of aromatic carboxylic acids is 1. The van der Waals surface area contributed by atoms with Crippen molar-refractivity contribution in [2.75, 3.05) is 0 Å². The van der Waals surface area contributed by atoms with Gasteiger partial charge >= 0.3 is 17.2 Å². The topological polar surface area (TPSA) is 113 Å².